The van der Waals surface area contributed by atoms with Crippen LogP contribution in [0.3, 0.4) is 0 Å². The van der Waals surface area contributed by atoms with Gasteiger partial charge in [-0.2, -0.15) is 0 Å². The molecule has 1 aliphatic rings. The van der Waals surface area contributed by atoms with Crippen LogP contribution in [-0.2, 0) is 23.7 Å². The summed E-state index contributed by atoms with van der Waals surface area (Å²) in [6.07, 6.45) is 6.08. The number of hydrogen-bond donors (Lipinski definition) is 2. The second-order valence-electron chi connectivity index (χ2n) is 6.21. The number of hydrogen-bond acceptors (Lipinski definition) is 4. The number of nitrogens with zero attached hydrogens (tertiary/aromatic N) is 2. The van der Waals surface area contributed by atoms with Gasteiger partial charge in [-0.15, -0.1) is 0 Å². The number of nitrogens with one attached hydrogen (secondary N) is 1. The molecule has 1 heterocycles. The maximum Gasteiger partial charge on any atom is 0.240 e. The van der Waals surface area contributed by atoms with Crippen molar-refractivity contribution in [3.8, 4) is 0 Å². The monoisotopic (exact) mass is 379 g/mol. The molecule has 0 bridgehead atoms. The molecule has 0 saturated heterocycles. The molecule has 0 atom stereocenters. The third-order valence-electron chi connectivity index (χ3n) is 4.40. The Hall–Kier alpha value is -1.50. The average Bonchev–Trinajstić information content (AvgIpc) is 3.24. The van der Waals surface area contributed by atoms with Crippen molar-refractivity contribution in [2.24, 2.45) is 0 Å². The van der Waals surface area contributed by atoms with Crippen LogP contribution < -0.4 is 5.32 Å². The Morgan fingerprint density at radius 1 is 1.36 bits per heavy atom. The number of aliphatic hydroxyl groups is 1. The molecule has 1 amide bonds. The van der Waals surface area contributed by atoms with Crippen LogP contribution in [0, 0.1) is 0 Å². The van der Waals surface area contributed by atoms with E-state index >= 15 is 0 Å². The summed E-state index contributed by atoms with van der Waals surface area (Å²) in [4.78, 5) is 16.7. The molecule has 0 spiro atoms. The van der Waals surface area contributed by atoms with E-state index in [-0.39, 0.29) is 25.1 Å². The van der Waals surface area contributed by atoms with Crippen LogP contribution in [0.25, 0.3) is 0 Å². The number of imidazole rings is 1. The van der Waals surface area contributed by atoms with E-state index in [0.717, 1.165) is 23.4 Å². The quantitative estimate of drug-likeness (QED) is 0.724. The molecule has 0 aliphatic heterocycles. The Labute approximate surface area is 156 Å². The van der Waals surface area contributed by atoms with Crippen LogP contribution in [0.5, 0.6) is 0 Å². The van der Waals surface area contributed by atoms with E-state index in [4.69, 9.17) is 11.6 Å². The lowest BCUT2D eigenvalue weighted by Gasteiger charge is -2.14. The van der Waals surface area contributed by atoms with Crippen molar-refractivity contribution in [1.82, 2.24) is 14.9 Å². The fourth-order valence-electron chi connectivity index (χ4n) is 3.05. The van der Waals surface area contributed by atoms with Crippen LogP contribution in [0.2, 0.25) is 5.02 Å². The van der Waals surface area contributed by atoms with Gasteiger partial charge in [0.25, 0.3) is 0 Å². The number of thioether (sulfide) groups is 1. The van der Waals surface area contributed by atoms with E-state index < -0.39 is 0 Å². The molecule has 1 saturated carbocycles. The number of halogens is 1. The molecule has 25 heavy (non-hydrogen) atoms. The molecule has 1 aromatic heterocycles. The summed E-state index contributed by atoms with van der Waals surface area (Å²) in [6.45, 7) is 0.0353. The first-order valence-corrected chi connectivity index (χ1v) is 9.84. The van der Waals surface area contributed by atoms with Crippen molar-refractivity contribution in [1.29, 1.82) is 0 Å². The van der Waals surface area contributed by atoms with Gasteiger partial charge in [-0.05, 0) is 24.5 Å². The summed E-state index contributed by atoms with van der Waals surface area (Å²) >= 11 is 7.71. The van der Waals surface area contributed by atoms with Crippen LogP contribution in [0.1, 0.15) is 36.9 Å². The molecule has 134 valence electrons. The second-order valence-corrected chi connectivity index (χ2v) is 7.56. The Morgan fingerprint density at radius 2 is 2.12 bits per heavy atom. The molecular weight excluding hydrogens is 358 g/mol. The largest absolute Gasteiger partial charge is 0.390 e. The number of aliphatic hydroxyl groups excluding tert-OH is 1. The maximum absolute atomic E-state index is 12.3. The zero-order valence-electron chi connectivity index (χ0n) is 13.9. The first-order valence-electron chi connectivity index (χ1n) is 8.48. The maximum atomic E-state index is 12.3. The summed E-state index contributed by atoms with van der Waals surface area (Å²) in [5.41, 5.74) is 1.66. The summed E-state index contributed by atoms with van der Waals surface area (Å²) in [7, 11) is 0. The van der Waals surface area contributed by atoms with Crippen molar-refractivity contribution >= 4 is 29.3 Å². The minimum atomic E-state index is -0.142. The highest BCUT2D eigenvalue weighted by Crippen LogP contribution is 2.27. The second kappa shape index (κ2) is 8.74. The first-order chi connectivity index (χ1) is 12.2. The third kappa shape index (κ3) is 4.77. The number of rotatable bonds is 7. The van der Waals surface area contributed by atoms with Crippen LogP contribution in [-0.4, -0.2) is 26.6 Å². The van der Waals surface area contributed by atoms with Gasteiger partial charge in [-0.3, -0.25) is 4.79 Å². The van der Waals surface area contributed by atoms with Gasteiger partial charge < -0.3 is 15.0 Å². The molecule has 5 nitrogen and oxygen atoms in total. The number of carbonyl (C=O) groups excluding carboxylic acids is 1. The zero-order chi connectivity index (χ0) is 17.6. The predicted octanol–water partition coefficient (Wildman–Crippen LogP) is 3.38. The van der Waals surface area contributed by atoms with E-state index in [9.17, 15) is 9.90 Å². The van der Waals surface area contributed by atoms with E-state index in [0.29, 0.717) is 16.6 Å². The zero-order valence-corrected chi connectivity index (χ0v) is 15.5. The van der Waals surface area contributed by atoms with Gasteiger partial charge in [0.05, 0.1) is 18.5 Å². The smallest absolute Gasteiger partial charge is 0.240 e. The predicted molar refractivity (Wildman–Crippen MR) is 99.6 cm³/mol. The van der Waals surface area contributed by atoms with Crippen LogP contribution >= 0.6 is 23.4 Å². The van der Waals surface area contributed by atoms with E-state index in [1.54, 1.807) is 10.8 Å². The van der Waals surface area contributed by atoms with Gasteiger partial charge in [0.1, 0.15) is 6.54 Å². The molecule has 3 rings (SSSR count). The highest BCUT2D eigenvalue weighted by molar-refractivity contribution is 7.98. The van der Waals surface area contributed by atoms with Crippen LogP contribution in [0.15, 0.2) is 35.6 Å². The Balaban J connectivity index is 1.66. The van der Waals surface area contributed by atoms with Gasteiger partial charge in [0.2, 0.25) is 5.91 Å². The molecule has 0 unspecified atom stereocenters. The van der Waals surface area contributed by atoms with Crippen molar-refractivity contribution in [2.75, 3.05) is 0 Å². The molecule has 1 aliphatic carbocycles. The van der Waals surface area contributed by atoms with Crippen molar-refractivity contribution in [3.05, 3.63) is 46.7 Å². The lowest BCUT2D eigenvalue weighted by atomic mass is 10.2. The standard InChI is InChI=1S/C18H22ClN3O2S/c19-16-8-4-1-5-13(16)12-25-18-20-9-15(11-23)22(18)10-17(24)21-14-6-2-3-7-14/h1,4-5,8-9,14,23H,2-3,6-7,10-12H2,(H,21,24). The number of carbonyl (C=O) groups is 1. The summed E-state index contributed by atoms with van der Waals surface area (Å²) in [6, 6.07) is 7.96. The highest BCUT2D eigenvalue weighted by atomic mass is 35.5. The highest BCUT2D eigenvalue weighted by Gasteiger charge is 2.19. The van der Waals surface area contributed by atoms with Gasteiger partial charge in [0, 0.05) is 16.8 Å². The van der Waals surface area contributed by atoms with Gasteiger partial charge in [-0.25, -0.2) is 4.98 Å². The minimum absolute atomic E-state index is 0.0285. The average molecular weight is 380 g/mol. The fourth-order valence-corrected chi connectivity index (χ4v) is 4.33. The lowest BCUT2D eigenvalue weighted by molar-refractivity contribution is -0.122. The van der Waals surface area contributed by atoms with Crippen LogP contribution in [0.4, 0.5) is 0 Å². The van der Waals surface area contributed by atoms with Gasteiger partial charge in [0.15, 0.2) is 5.16 Å². The topological polar surface area (TPSA) is 67.2 Å². The fraction of sp³-hybridized carbons (Fsp3) is 0.444. The van der Waals surface area contributed by atoms with Crippen molar-refractivity contribution in [2.45, 2.75) is 55.8 Å². The van der Waals surface area contributed by atoms with Crippen molar-refractivity contribution < 1.29 is 9.90 Å². The molecule has 1 aromatic carbocycles. The van der Waals surface area contributed by atoms with Gasteiger partial charge in [-0.1, -0.05) is 54.4 Å². The molecule has 7 heteroatoms. The Bertz CT molecular complexity index is 729. The summed E-state index contributed by atoms with van der Waals surface area (Å²) < 4.78 is 1.78. The van der Waals surface area contributed by atoms with E-state index in [1.807, 2.05) is 24.3 Å². The molecule has 2 aromatic rings. The minimum Gasteiger partial charge on any atom is -0.390 e. The lowest BCUT2D eigenvalue weighted by Crippen LogP contribution is -2.35. The molecule has 1 fully saturated rings. The number of amides is 1. The summed E-state index contributed by atoms with van der Waals surface area (Å²) in [5, 5.41) is 14.0. The summed E-state index contributed by atoms with van der Waals surface area (Å²) in [5.74, 6) is 0.630. The van der Waals surface area contributed by atoms with E-state index in [2.05, 4.69) is 10.3 Å². The third-order valence-corrected chi connectivity index (χ3v) is 5.81. The van der Waals surface area contributed by atoms with E-state index in [1.165, 1.54) is 24.6 Å². The molecule has 2 N–H and O–H groups in total. The molecular formula is C18H22ClN3O2S. The first kappa shape index (κ1) is 18.3. The number of aromatic nitrogens is 2. The Morgan fingerprint density at radius 3 is 2.84 bits per heavy atom. The normalized spacial score (nSPS) is 14.8. The SMILES string of the molecule is O=C(Cn1c(CO)cnc1SCc1ccccc1Cl)NC1CCCC1. The van der Waals surface area contributed by atoms with Crippen molar-refractivity contribution in [3.63, 3.8) is 0 Å². The molecule has 0 radical (unpaired) electrons. The van der Waals surface area contributed by atoms with Gasteiger partial charge >= 0.3 is 0 Å². The number of benzene rings is 1. The Kier molecular flexibility index (Phi) is 6.39.